The second kappa shape index (κ2) is 8.27. The van der Waals surface area contributed by atoms with E-state index >= 15 is 0 Å². The lowest BCUT2D eigenvalue weighted by Crippen LogP contribution is -2.36. The van der Waals surface area contributed by atoms with Crippen molar-refractivity contribution in [2.75, 3.05) is 37.5 Å². The Morgan fingerprint density at radius 1 is 0.964 bits per heavy atom. The molecule has 1 fully saturated rings. The molecule has 0 atom stereocenters. The van der Waals surface area contributed by atoms with E-state index in [0.29, 0.717) is 0 Å². The highest BCUT2D eigenvalue weighted by atomic mass is 79.9. The molecule has 0 amide bonds. The molecule has 0 spiro atoms. The van der Waals surface area contributed by atoms with Gasteiger partial charge in [-0.05, 0) is 61.6 Å². The van der Waals surface area contributed by atoms with E-state index in [4.69, 9.17) is 4.74 Å². The predicted octanol–water partition coefficient (Wildman–Crippen LogP) is 4.87. The van der Waals surface area contributed by atoms with Gasteiger partial charge in [0.05, 0.1) is 13.2 Å². The third-order valence-corrected chi connectivity index (χ3v) is 6.53. The Kier molecular flexibility index (Phi) is 5.75. The smallest absolute Gasteiger partial charge is 0.195 e. The molecule has 2 heterocycles. The Hall–Kier alpha value is -1.83. The first kappa shape index (κ1) is 19.5. The van der Waals surface area contributed by atoms with Gasteiger partial charge in [0.1, 0.15) is 0 Å². The number of thioether (sulfide) groups is 1. The molecule has 0 radical (unpaired) electrons. The lowest BCUT2D eigenvalue weighted by molar-refractivity contribution is 0.122. The van der Waals surface area contributed by atoms with Crippen LogP contribution in [0.3, 0.4) is 0 Å². The fourth-order valence-electron chi connectivity index (χ4n) is 3.51. The van der Waals surface area contributed by atoms with Crippen LogP contribution in [0, 0.1) is 13.8 Å². The van der Waals surface area contributed by atoms with Gasteiger partial charge in [-0.15, -0.1) is 10.2 Å². The Balaban J connectivity index is 1.76. The van der Waals surface area contributed by atoms with Crippen molar-refractivity contribution >= 4 is 33.4 Å². The van der Waals surface area contributed by atoms with Crippen molar-refractivity contribution < 1.29 is 4.74 Å². The predicted molar refractivity (Wildman–Crippen MR) is 119 cm³/mol. The van der Waals surface area contributed by atoms with Crippen LogP contribution >= 0.6 is 27.7 Å². The van der Waals surface area contributed by atoms with Crippen LogP contribution in [0.25, 0.3) is 17.1 Å². The number of hydrogen-bond acceptors (Lipinski definition) is 5. The Labute approximate surface area is 178 Å². The first-order chi connectivity index (χ1) is 13.6. The summed E-state index contributed by atoms with van der Waals surface area (Å²) in [6, 6.07) is 13.0. The Morgan fingerprint density at radius 2 is 1.64 bits per heavy atom. The summed E-state index contributed by atoms with van der Waals surface area (Å²) >= 11 is 5.26. The van der Waals surface area contributed by atoms with Crippen molar-refractivity contribution in [2.45, 2.75) is 19.0 Å². The molecule has 1 saturated heterocycles. The average molecular weight is 459 g/mol. The fourth-order valence-corrected chi connectivity index (χ4v) is 4.35. The van der Waals surface area contributed by atoms with Gasteiger partial charge < -0.3 is 9.64 Å². The van der Waals surface area contributed by atoms with Gasteiger partial charge >= 0.3 is 0 Å². The molecule has 0 aliphatic carbocycles. The minimum atomic E-state index is 0.787. The molecule has 0 unspecified atom stereocenters. The van der Waals surface area contributed by atoms with E-state index in [0.717, 1.165) is 53.0 Å². The lowest BCUT2D eigenvalue weighted by atomic mass is 10.1. The molecule has 0 bridgehead atoms. The number of morpholine rings is 1. The van der Waals surface area contributed by atoms with Crippen LogP contribution in [0.2, 0.25) is 0 Å². The van der Waals surface area contributed by atoms with Crippen molar-refractivity contribution in [3.63, 3.8) is 0 Å². The normalized spacial score (nSPS) is 14.5. The Morgan fingerprint density at radius 3 is 2.32 bits per heavy atom. The van der Waals surface area contributed by atoms with Gasteiger partial charge in [-0.1, -0.05) is 33.8 Å². The van der Waals surface area contributed by atoms with E-state index in [-0.39, 0.29) is 0 Å². The van der Waals surface area contributed by atoms with Gasteiger partial charge in [-0.3, -0.25) is 4.57 Å². The number of nitrogens with zero attached hydrogens (tertiary/aromatic N) is 4. The first-order valence-corrected chi connectivity index (χ1v) is 11.3. The quantitative estimate of drug-likeness (QED) is 0.521. The summed E-state index contributed by atoms with van der Waals surface area (Å²) in [6.45, 7) is 7.66. The summed E-state index contributed by atoms with van der Waals surface area (Å²) < 4.78 is 8.68. The van der Waals surface area contributed by atoms with Crippen LogP contribution in [-0.4, -0.2) is 47.3 Å². The van der Waals surface area contributed by atoms with Gasteiger partial charge in [-0.25, -0.2) is 0 Å². The number of benzene rings is 2. The molecule has 1 aliphatic heterocycles. The van der Waals surface area contributed by atoms with E-state index in [9.17, 15) is 0 Å². The summed E-state index contributed by atoms with van der Waals surface area (Å²) in [6.07, 6.45) is 2.03. The third kappa shape index (κ3) is 3.71. The molecule has 1 aromatic heterocycles. The van der Waals surface area contributed by atoms with Crippen molar-refractivity contribution in [1.82, 2.24) is 14.8 Å². The van der Waals surface area contributed by atoms with Crippen molar-refractivity contribution in [3.8, 4) is 17.1 Å². The van der Waals surface area contributed by atoms with Crippen LogP contribution < -0.4 is 4.90 Å². The summed E-state index contributed by atoms with van der Waals surface area (Å²) in [5.74, 6) is 0.863. The standard InChI is InChI=1S/C21H23BrN4OS/c1-14-12-15(2)19(22)13-18(14)20-23-24-21(28-3)26(20)17-6-4-16(5-7-17)25-8-10-27-11-9-25/h4-7,12-13H,8-11H2,1-3H3. The number of rotatable bonds is 4. The SMILES string of the molecule is CSc1nnc(-c2cc(Br)c(C)cc2C)n1-c1ccc(N2CCOCC2)cc1. The second-order valence-electron chi connectivity index (χ2n) is 6.88. The highest BCUT2D eigenvalue weighted by Crippen LogP contribution is 2.32. The molecular weight excluding hydrogens is 436 g/mol. The van der Waals surface area contributed by atoms with Gasteiger partial charge in [0.25, 0.3) is 0 Å². The molecule has 5 nitrogen and oxygen atoms in total. The van der Waals surface area contributed by atoms with Crippen LogP contribution in [-0.2, 0) is 4.74 Å². The summed E-state index contributed by atoms with van der Waals surface area (Å²) in [5, 5.41) is 9.83. The zero-order valence-corrected chi connectivity index (χ0v) is 18.7. The Bertz CT molecular complexity index is 981. The monoisotopic (exact) mass is 458 g/mol. The summed E-state index contributed by atoms with van der Waals surface area (Å²) in [7, 11) is 0. The maximum absolute atomic E-state index is 5.46. The molecule has 0 N–H and O–H groups in total. The lowest BCUT2D eigenvalue weighted by Gasteiger charge is -2.29. The summed E-state index contributed by atoms with van der Waals surface area (Å²) in [5.41, 5.74) is 5.78. The molecule has 7 heteroatoms. The number of aryl methyl sites for hydroxylation is 2. The van der Waals surface area contributed by atoms with E-state index in [1.807, 2.05) is 6.26 Å². The zero-order valence-electron chi connectivity index (χ0n) is 16.3. The summed E-state index contributed by atoms with van der Waals surface area (Å²) in [4.78, 5) is 2.36. The molecule has 2 aromatic carbocycles. The van der Waals surface area contributed by atoms with Gasteiger partial charge in [0.15, 0.2) is 11.0 Å². The van der Waals surface area contributed by atoms with Gasteiger partial charge in [-0.2, -0.15) is 0 Å². The van der Waals surface area contributed by atoms with Crippen molar-refractivity contribution in [1.29, 1.82) is 0 Å². The number of ether oxygens (including phenoxy) is 1. The maximum Gasteiger partial charge on any atom is 0.195 e. The topological polar surface area (TPSA) is 43.2 Å². The van der Waals surface area contributed by atoms with Gasteiger partial charge in [0, 0.05) is 34.5 Å². The van der Waals surface area contributed by atoms with E-state index in [1.165, 1.54) is 16.8 Å². The molecule has 1 aliphatic rings. The number of halogens is 1. The zero-order chi connectivity index (χ0) is 19.7. The third-order valence-electron chi connectivity index (χ3n) is 5.05. The fraction of sp³-hybridized carbons (Fsp3) is 0.333. The molecule has 4 rings (SSSR count). The maximum atomic E-state index is 5.46. The molecule has 146 valence electrons. The van der Waals surface area contributed by atoms with E-state index in [1.54, 1.807) is 11.8 Å². The number of aromatic nitrogens is 3. The molecule has 28 heavy (non-hydrogen) atoms. The number of anilines is 1. The van der Waals surface area contributed by atoms with Crippen LogP contribution in [0.15, 0.2) is 46.0 Å². The van der Waals surface area contributed by atoms with Crippen LogP contribution in [0.5, 0.6) is 0 Å². The first-order valence-electron chi connectivity index (χ1n) is 9.28. The largest absolute Gasteiger partial charge is 0.378 e. The van der Waals surface area contributed by atoms with Gasteiger partial charge in [0.2, 0.25) is 0 Å². The minimum Gasteiger partial charge on any atom is -0.378 e. The van der Waals surface area contributed by atoms with E-state index < -0.39 is 0 Å². The molecule has 0 saturated carbocycles. The van der Waals surface area contributed by atoms with Crippen LogP contribution in [0.1, 0.15) is 11.1 Å². The van der Waals surface area contributed by atoms with Crippen LogP contribution in [0.4, 0.5) is 5.69 Å². The highest BCUT2D eigenvalue weighted by molar-refractivity contribution is 9.10. The second-order valence-corrected chi connectivity index (χ2v) is 8.51. The van der Waals surface area contributed by atoms with E-state index in [2.05, 4.69) is 85.8 Å². The molecule has 3 aromatic rings. The van der Waals surface area contributed by atoms with Crippen molar-refractivity contribution in [2.24, 2.45) is 0 Å². The van der Waals surface area contributed by atoms with Crippen molar-refractivity contribution in [3.05, 3.63) is 52.0 Å². The number of hydrogen-bond donors (Lipinski definition) is 0. The molecular formula is C21H23BrN4OS. The highest BCUT2D eigenvalue weighted by Gasteiger charge is 2.18. The minimum absolute atomic E-state index is 0.787. The average Bonchev–Trinajstić information content (AvgIpc) is 3.15.